The third-order valence-electron chi connectivity index (χ3n) is 6.54. The van der Waals surface area contributed by atoms with Crippen LogP contribution < -0.4 is 5.32 Å². The van der Waals surface area contributed by atoms with Gasteiger partial charge in [0.2, 0.25) is 5.91 Å². The number of amides is 1. The van der Waals surface area contributed by atoms with Crippen molar-refractivity contribution in [2.75, 3.05) is 6.54 Å². The first-order valence-corrected chi connectivity index (χ1v) is 15.7. The van der Waals surface area contributed by atoms with E-state index >= 15 is 0 Å². The first-order valence-electron chi connectivity index (χ1n) is 15.7. The summed E-state index contributed by atoms with van der Waals surface area (Å²) in [4.78, 5) is 34.4. The van der Waals surface area contributed by atoms with Crippen molar-refractivity contribution in [1.29, 1.82) is 0 Å². The van der Waals surface area contributed by atoms with Gasteiger partial charge in [-0.15, -0.1) is 0 Å². The molecule has 0 saturated heterocycles. The van der Waals surface area contributed by atoms with Crippen LogP contribution in [0.2, 0.25) is 0 Å². The fourth-order valence-corrected chi connectivity index (χ4v) is 4.24. The Hall–Kier alpha value is -2.37. The standard InChI is InChI=1S/C33H57NO5/c1-3-5-7-9-10-11-12-13-14-15-20-24-28-33(38)39-30(25-21-17-8-6-4-2)26-22-18-16-19-23-27-31(35)34-29-32(36)37/h6,8,21-22,25-26,30H,3-5,7,9-20,23-24,27-29H2,1-2H3,(H,34,35)(H,36,37)/b8-6-,25-21-,26-22-. The van der Waals surface area contributed by atoms with Crippen LogP contribution in [0.15, 0.2) is 36.5 Å². The topological polar surface area (TPSA) is 92.7 Å². The van der Waals surface area contributed by atoms with E-state index in [0.717, 1.165) is 51.4 Å². The van der Waals surface area contributed by atoms with Gasteiger partial charge in [0.15, 0.2) is 0 Å². The Kier molecular flexibility index (Phi) is 26.9. The van der Waals surface area contributed by atoms with Gasteiger partial charge in [0.1, 0.15) is 12.6 Å². The highest BCUT2D eigenvalue weighted by atomic mass is 16.5. The molecule has 1 amide bonds. The number of allylic oxidation sites excluding steroid dienone is 4. The number of esters is 1. The summed E-state index contributed by atoms with van der Waals surface area (Å²) in [6, 6.07) is 0. The quantitative estimate of drug-likeness (QED) is 0.0610. The van der Waals surface area contributed by atoms with Crippen LogP contribution >= 0.6 is 0 Å². The van der Waals surface area contributed by atoms with Crippen LogP contribution in [0.25, 0.3) is 0 Å². The van der Waals surface area contributed by atoms with Crippen molar-refractivity contribution in [1.82, 2.24) is 5.32 Å². The molecule has 0 fully saturated rings. The molecule has 0 aromatic rings. The maximum atomic E-state index is 12.4. The molecule has 224 valence electrons. The predicted molar refractivity (Wildman–Crippen MR) is 162 cm³/mol. The molecule has 1 atom stereocenters. The summed E-state index contributed by atoms with van der Waals surface area (Å²) < 4.78 is 5.72. The highest BCUT2D eigenvalue weighted by Crippen LogP contribution is 2.13. The third-order valence-corrected chi connectivity index (χ3v) is 6.54. The van der Waals surface area contributed by atoms with Gasteiger partial charge in [-0.2, -0.15) is 0 Å². The van der Waals surface area contributed by atoms with Crippen LogP contribution in [-0.4, -0.2) is 35.6 Å². The molecule has 0 spiro atoms. The summed E-state index contributed by atoms with van der Waals surface area (Å²) in [7, 11) is 0. The van der Waals surface area contributed by atoms with E-state index in [-0.39, 0.29) is 24.5 Å². The number of carboxylic acids is 1. The summed E-state index contributed by atoms with van der Waals surface area (Å²) >= 11 is 0. The lowest BCUT2D eigenvalue weighted by Gasteiger charge is -2.11. The van der Waals surface area contributed by atoms with Crippen LogP contribution in [0.3, 0.4) is 0 Å². The fraction of sp³-hybridized carbons (Fsp3) is 0.727. The molecule has 0 bridgehead atoms. The zero-order chi connectivity index (χ0) is 28.8. The number of aliphatic carboxylic acids is 1. The molecule has 0 aliphatic rings. The average Bonchev–Trinajstić information content (AvgIpc) is 2.91. The minimum Gasteiger partial charge on any atom is -0.480 e. The van der Waals surface area contributed by atoms with E-state index in [1.165, 1.54) is 64.2 Å². The maximum absolute atomic E-state index is 12.4. The molecule has 0 radical (unpaired) electrons. The second-order valence-electron chi connectivity index (χ2n) is 10.3. The van der Waals surface area contributed by atoms with Crippen LogP contribution in [0.5, 0.6) is 0 Å². The molecular weight excluding hydrogens is 490 g/mol. The molecule has 0 aromatic carbocycles. The van der Waals surface area contributed by atoms with E-state index < -0.39 is 5.97 Å². The van der Waals surface area contributed by atoms with E-state index in [0.29, 0.717) is 12.8 Å². The molecule has 0 aliphatic carbocycles. The smallest absolute Gasteiger partial charge is 0.322 e. The number of carboxylic acid groups (broad SMARTS) is 1. The van der Waals surface area contributed by atoms with Gasteiger partial charge in [-0.25, -0.2) is 0 Å². The van der Waals surface area contributed by atoms with Crippen molar-refractivity contribution in [2.24, 2.45) is 0 Å². The Labute approximate surface area is 238 Å². The molecule has 0 rings (SSSR count). The largest absolute Gasteiger partial charge is 0.480 e. The van der Waals surface area contributed by atoms with E-state index in [1.54, 1.807) is 0 Å². The predicted octanol–water partition coefficient (Wildman–Crippen LogP) is 8.61. The van der Waals surface area contributed by atoms with Gasteiger partial charge in [0, 0.05) is 12.8 Å². The first kappa shape index (κ1) is 36.6. The molecular formula is C33H57NO5. The molecule has 39 heavy (non-hydrogen) atoms. The summed E-state index contributed by atoms with van der Waals surface area (Å²) in [5.74, 6) is -1.40. The second-order valence-corrected chi connectivity index (χ2v) is 10.3. The third kappa shape index (κ3) is 28.5. The van der Waals surface area contributed by atoms with Crippen LogP contribution in [0.4, 0.5) is 0 Å². The summed E-state index contributed by atoms with van der Waals surface area (Å²) in [6.45, 7) is 4.03. The molecule has 6 heteroatoms. The molecule has 0 aromatic heterocycles. The average molecular weight is 548 g/mol. The molecule has 2 N–H and O–H groups in total. The Bertz CT molecular complexity index is 698. The minimum atomic E-state index is -1.03. The van der Waals surface area contributed by atoms with E-state index in [2.05, 4.69) is 31.3 Å². The molecule has 0 heterocycles. The molecule has 0 aliphatic heterocycles. The molecule has 1 unspecified atom stereocenters. The van der Waals surface area contributed by atoms with Gasteiger partial charge < -0.3 is 15.2 Å². The zero-order valence-corrected chi connectivity index (χ0v) is 25.0. The lowest BCUT2D eigenvalue weighted by molar-refractivity contribution is -0.145. The van der Waals surface area contributed by atoms with Crippen LogP contribution in [0.1, 0.15) is 142 Å². The van der Waals surface area contributed by atoms with Crippen molar-refractivity contribution in [3.05, 3.63) is 36.5 Å². The summed E-state index contributed by atoms with van der Waals surface area (Å²) in [5.41, 5.74) is 0. The Morgan fingerprint density at radius 2 is 1.26 bits per heavy atom. The van der Waals surface area contributed by atoms with E-state index in [1.807, 2.05) is 24.3 Å². The second kappa shape index (κ2) is 28.6. The number of carbonyl (C=O) groups excluding carboxylic acids is 2. The van der Waals surface area contributed by atoms with Crippen molar-refractivity contribution in [2.45, 2.75) is 148 Å². The zero-order valence-electron chi connectivity index (χ0n) is 25.0. The van der Waals surface area contributed by atoms with Crippen molar-refractivity contribution in [3.8, 4) is 0 Å². The van der Waals surface area contributed by atoms with E-state index in [4.69, 9.17) is 9.84 Å². The van der Waals surface area contributed by atoms with Crippen molar-refractivity contribution < 1.29 is 24.2 Å². The first-order chi connectivity index (χ1) is 19.0. The summed E-state index contributed by atoms with van der Waals surface area (Å²) in [5, 5.41) is 11.0. The fourth-order valence-electron chi connectivity index (χ4n) is 4.24. The van der Waals surface area contributed by atoms with E-state index in [9.17, 15) is 14.4 Å². The van der Waals surface area contributed by atoms with Crippen LogP contribution in [0, 0.1) is 0 Å². The highest BCUT2D eigenvalue weighted by molar-refractivity contribution is 5.80. The lowest BCUT2D eigenvalue weighted by atomic mass is 10.0. The lowest BCUT2D eigenvalue weighted by Crippen LogP contribution is -2.28. The normalized spacial score (nSPS) is 12.5. The number of carbonyl (C=O) groups is 3. The van der Waals surface area contributed by atoms with Gasteiger partial charge in [-0.1, -0.05) is 115 Å². The maximum Gasteiger partial charge on any atom is 0.322 e. The van der Waals surface area contributed by atoms with Gasteiger partial charge >= 0.3 is 11.9 Å². The Morgan fingerprint density at radius 1 is 0.692 bits per heavy atom. The number of hydrogen-bond donors (Lipinski definition) is 2. The van der Waals surface area contributed by atoms with Gasteiger partial charge in [-0.3, -0.25) is 14.4 Å². The van der Waals surface area contributed by atoms with Crippen LogP contribution in [-0.2, 0) is 19.1 Å². The molecule has 6 nitrogen and oxygen atoms in total. The highest BCUT2D eigenvalue weighted by Gasteiger charge is 2.08. The Morgan fingerprint density at radius 3 is 1.87 bits per heavy atom. The van der Waals surface area contributed by atoms with Gasteiger partial charge in [0.05, 0.1) is 0 Å². The number of hydrogen-bond acceptors (Lipinski definition) is 4. The summed E-state index contributed by atoms with van der Waals surface area (Å²) in [6.07, 6.45) is 33.1. The monoisotopic (exact) mass is 547 g/mol. The SMILES string of the molecule is CC/C=C\C/C=C\C(/C=C\CCCCCC(=O)NCC(=O)O)OC(=O)CCCCCCCCCCCCCC. The Balaban J connectivity index is 4.15. The van der Waals surface area contributed by atoms with Gasteiger partial charge in [-0.05, 0) is 50.7 Å². The molecule has 0 saturated carbocycles. The minimum absolute atomic E-state index is 0.141. The number of ether oxygens (including phenoxy) is 1. The van der Waals surface area contributed by atoms with Gasteiger partial charge in [0.25, 0.3) is 0 Å². The number of nitrogens with one attached hydrogen (secondary N) is 1. The number of unbranched alkanes of at least 4 members (excludes halogenated alkanes) is 14. The van der Waals surface area contributed by atoms with Crippen molar-refractivity contribution in [3.63, 3.8) is 0 Å². The van der Waals surface area contributed by atoms with Crippen molar-refractivity contribution >= 4 is 17.8 Å². The number of rotatable bonds is 27.